The third-order valence-electron chi connectivity index (χ3n) is 7.53. The van der Waals surface area contributed by atoms with Crippen LogP contribution in [0.4, 0.5) is 5.69 Å². The second-order valence-electron chi connectivity index (χ2n) is 10.8. The summed E-state index contributed by atoms with van der Waals surface area (Å²) in [5.41, 5.74) is 3.95. The monoisotopic (exact) mass is 520 g/mol. The van der Waals surface area contributed by atoms with Crippen LogP contribution in [0.25, 0.3) is 10.9 Å². The van der Waals surface area contributed by atoms with Crippen LogP contribution >= 0.6 is 0 Å². The Morgan fingerprint density at radius 1 is 1.00 bits per heavy atom. The highest BCUT2D eigenvalue weighted by molar-refractivity contribution is 5.86. The van der Waals surface area contributed by atoms with Crippen molar-refractivity contribution in [3.05, 3.63) is 59.8 Å². The van der Waals surface area contributed by atoms with Gasteiger partial charge in [0, 0.05) is 49.5 Å². The van der Waals surface area contributed by atoms with Crippen molar-refractivity contribution in [3.8, 4) is 11.5 Å². The average molecular weight is 521 g/mol. The summed E-state index contributed by atoms with van der Waals surface area (Å²) in [5, 5.41) is 1.06. The second kappa shape index (κ2) is 13.3. The Morgan fingerprint density at radius 2 is 1.79 bits per heavy atom. The maximum Gasteiger partial charge on any atom is 0.133 e. The van der Waals surface area contributed by atoms with E-state index in [0.29, 0.717) is 19.3 Å². The third kappa shape index (κ3) is 7.39. The number of pyridine rings is 1. The van der Waals surface area contributed by atoms with Gasteiger partial charge >= 0.3 is 0 Å². The van der Waals surface area contributed by atoms with Crippen LogP contribution in [0.2, 0.25) is 0 Å². The van der Waals surface area contributed by atoms with E-state index in [1.54, 1.807) is 7.11 Å². The van der Waals surface area contributed by atoms with Gasteiger partial charge in [-0.15, -0.1) is 0 Å². The largest absolute Gasteiger partial charge is 0.493 e. The molecule has 0 saturated carbocycles. The van der Waals surface area contributed by atoms with Crippen LogP contribution in [0.15, 0.2) is 48.5 Å². The summed E-state index contributed by atoms with van der Waals surface area (Å²) in [6.45, 7) is 12.3. The molecule has 0 atom stereocenters. The highest BCUT2D eigenvalue weighted by Gasteiger charge is 2.22. The topological polar surface area (TPSA) is 53.1 Å². The van der Waals surface area contributed by atoms with Crippen LogP contribution in [-0.4, -0.2) is 50.1 Å². The van der Waals surface area contributed by atoms with Gasteiger partial charge in [0.15, 0.2) is 0 Å². The lowest BCUT2D eigenvalue weighted by Gasteiger charge is -2.34. The molecular formula is C32H44N2O4. The summed E-state index contributed by atoms with van der Waals surface area (Å²) < 4.78 is 24.1. The molecule has 0 N–H and O–H groups in total. The molecule has 38 heavy (non-hydrogen) atoms. The molecule has 1 aromatic heterocycles. The zero-order valence-electron chi connectivity index (χ0n) is 23.8. The summed E-state index contributed by atoms with van der Waals surface area (Å²) in [5.74, 6) is 1.78. The Hall–Kier alpha value is -2.83. The summed E-state index contributed by atoms with van der Waals surface area (Å²) in [4.78, 5) is 7.33. The molecular weight excluding hydrogens is 476 g/mol. The van der Waals surface area contributed by atoms with E-state index in [1.807, 2.05) is 24.3 Å². The Bertz CT molecular complexity index is 1170. The first-order valence-corrected chi connectivity index (χ1v) is 14.1. The molecule has 2 heterocycles. The molecule has 0 unspecified atom stereocenters. The van der Waals surface area contributed by atoms with Gasteiger partial charge in [-0.25, -0.2) is 4.98 Å². The van der Waals surface area contributed by atoms with Gasteiger partial charge in [-0.1, -0.05) is 31.5 Å². The first kappa shape index (κ1) is 28.2. The number of ether oxygens (including phenoxy) is 4. The maximum atomic E-state index is 6.27. The number of fused-ring (bicyclic) bond motifs is 1. The Labute approximate surface area is 228 Å². The lowest BCUT2D eigenvalue weighted by atomic mass is 10.0. The number of hydrogen-bond acceptors (Lipinski definition) is 6. The lowest BCUT2D eigenvalue weighted by molar-refractivity contribution is -0.0312. The smallest absolute Gasteiger partial charge is 0.133 e. The molecule has 1 aliphatic rings. The number of rotatable bonds is 13. The molecule has 0 spiro atoms. The highest BCUT2D eigenvalue weighted by Crippen LogP contribution is 2.32. The third-order valence-corrected chi connectivity index (χ3v) is 7.53. The van der Waals surface area contributed by atoms with Crippen LogP contribution in [-0.2, 0) is 16.1 Å². The number of unbranched alkanes of at least 4 members (excludes halogenated alkanes) is 1. The number of methoxy groups -OCH3 is 1. The van der Waals surface area contributed by atoms with E-state index in [4.69, 9.17) is 23.9 Å². The van der Waals surface area contributed by atoms with Crippen molar-refractivity contribution in [2.45, 2.75) is 78.1 Å². The predicted octanol–water partition coefficient (Wildman–Crippen LogP) is 7.10. The zero-order valence-corrected chi connectivity index (χ0v) is 23.8. The van der Waals surface area contributed by atoms with Crippen molar-refractivity contribution in [2.24, 2.45) is 0 Å². The SMILES string of the molecule is CCCCOc1c(C)c(COc2cccc(N3CCC(OCCC(C)(C)OC)CC3)c2)nc2ccccc12. The molecule has 3 aromatic rings. The minimum atomic E-state index is -0.133. The summed E-state index contributed by atoms with van der Waals surface area (Å²) in [6.07, 6.45) is 5.41. The molecule has 1 saturated heterocycles. The van der Waals surface area contributed by atoms with Crippen LogP contribution in [0.5, 0.6) is 11.5 Å². The van der Waals surface area contributed by atoms with Crippen molar-refractivity contribution < 1.29 is 18.9 Å². The molecule has 0 radical (unpaired) electrons. The first-order valence-electron chi connectivity index (χ1n) is 14.1. The summed E-state index contributed by atoms with van der Waals surface area (Å²) >= 11 is 0. The van der Waals surface area contributed by atoms with E-state index >= 15 is 0 Å². The average Bonchev–Trinajstić information content (AvgIpc) is 2.94. The molecule has 1 fully saturated rings. The number of piperidine rings is 1. The number of benzene rings is 2. The van der Waals surface area contributed by atoms with Gasteiger partial charge in [0.05, 0.1) is 29.5 Å². The molecule has 0 bridgehead atoms. The van der Waals surface area contributed by atoms with Crippen molar-refractivity contribution in [2.75, 3.05) is 38.3 Å². The molecule has 0 aliphatic carbocycles. The van der Waals surface area contributed by atoms with E-state index in [1.165, 1.54) is 5.69 Å². The number of hydrogen-bond donors (Lipinski definition) is 0. The van der Waals surface area contributed by atoms with Crippen molar-refractivity contribution in [1.82, 2.24) is 4.98 Å². The Morgan fingerprint density at radius 3 is 2.55 bits per heavy atom. The molecule has 6 heteroatoms. The fourth-order valence-corrected chi connectivity index (χ4v) is 4.75. The fraction of sp³-hybridized carbons (Fsp3) is 0.531. The standard InChI is InChI=1S/C32H44N2O4/c1-6-7-20-37-31-24(2)30(33-29-14-9-8-13-28(29)31)23-38-27-12-10-11-25(22-27)34-18-15-26(16-19-34)36-21-17-32(3,4)35-5/h8-14,22,26H,6-7,15-21,23H2,1-5H3. The van der Waals surface area contributed by atoms with Crippen molar-refractivity contribution in [1.29, 1.82) is 0 Å². The van der Waals surface area contributed by atoms with E-state index < -0.39 is 0 Å². The van der Waals surface area contributed by atoms with Gasteiger partial charge in [0.1, 0.15) is 18.1 Å². The maximum absolute atomic E-state index is 6.27. The molecule has 0 amide bonds. The quantitative estimate of drug-likeness (QED) is 0.224. The van der Waals surface area contributed by atoms with Gasteiger partial charge in [0.25, 0.3) is 0 Å². The molecule has 1 aliphatic heterocycles. The lowest BCUT2D eigenvalue weighted by Crippen LogP contribution is -2.37. The summed E-state index contributed by atoms with van der Waals surface area (Å²) in [6, 6.07) is 16.6. The highest BCUT2D eigenvalue weighted by atomic mass is 16.5. The van der Waals surface area contributed by atoms with Gasteiger partial charge < -0.3 is 23.8 Å². The summed E-state index contributed by atoms with van der Waals surface area (Å²) in [7, 11) is 1.76. The minimum Gasteiger partial charge on any atom is -0.493 e. The van der Waals surface area contributed by atoms with Gasteiger partial charge in [0.2, 0.25) is 0 Å². The van der Waals surface area contributed by atoms with Gasteiger partial charge in [-0.3, -0.25) is 0 Å². The second-order valence-corrected chi connectivity index (χ2v) is 10.8. The van der Waals surface area contributed by atoms with E-state index in [9.17, 15) is 0 Å². The van der Waals surface area contributed by atoms with Gasteiger partial charge in [-0.05, 0) is 70.7 Å². The van der Waals surface area contributed by atoms with E-state index in [-0.39, 0.29) is 5.60 Å². The first-order chi connectivity index (χ1) is 18.4. The Kier molecular flexibility index (Phi) is 9.86. The molecule has 4 rings (SSSR count). The minimum absolute atomic E-state index is 0.133. The molecule has 206 valence electrons. The normalized spacial score (nSPS) is 14.7. The molecule has 2 aromatic carbocycles. The van der Waals surface area contributed by atoms with Crippen LogP contribution in [0.1, 0.15) is 64.1 Å². The number of para-hydroxylation sites is 1. The number of anilines is 1. The number of aromatic nitrogens is 1. The van der Waals surface area contributed by atoms with Crippen LogP contribution in [0.3, 0.4) is 0 Å². The van der Waals surface area contributed by atoms with Gasteiger partial charge in [-0.2, -0.15) is 0 Å². The Balaban J connectivity index is 1.36. The van der Waals surface area contributed by atoms with E-state index in [2.05, 4.69) is 56.9 Å². The predicted molar refractivity (Wildman–Crippen MR) is 155 cm³/mol. The zero-order chi connectivity index (χ0) is 27.0. The van der Waals surface area contributed by atoms with Crippen LogP contribution in [0, 0.1) is 6.92 Å². The number of nitrogens with zero attached hydrogens (tertiary/aromatic N) is 2. The van der Waals surface area contributed by atoms with Crippen LogP contribution < -0.4 is 14.4 Å². The molecule has 6 nitrogen and oxygen atoms in total. The fourth-order valence-electron chi connectivity index (χ4n) is 4.75. The van der Waals surface area contributed by atoms with Crippen molar-refractivity contribution >= 4 is 16.6 Å². The van der Waals surface area contributed by atoms with E-state index in [0.717, 1.165) is 85.5 Å². The van der Waals surface area contributed by atoms with Crippen molar-refractivity contribution in [3.63, 3.8) is 0 Å².